The summed E-state index contributed by atoms with van der Waals surface area (Å²) in [7, 11) is 0. The second kappa shape index (κ2) is 6.14. The van der Waals surface area contributed by atoms with Crippen LogP contribution in [0.15, 0.2) is 54.6 Å². The van der Waals surface area contributed by atoms with Gasteiger partial charge < -0.3 is 0 Å². The van der Waals surface area contributed by atoms with E-state index in [-0.39, 0.29) is 35.5 Å². The zero-order chi connectivity index (χ0) is 20.6. The van der Waals surface area contributed by atoms with Crippen LogP contribution in [0.3, 0.4) is 0 Å². The van der Waals surface area contributed by atoms with Crippen molar-refractivity contribution in [3.63, 3.8) is 0 Å². The lowest BCUT2D eigenvalue weighted by Crippen LogP contribution is -2.33. The molecule has 5 heteroatoms. The Bertz CT molecular complexity index is 1220. The molecule has 1 saturated heterocycles. The average Bonchev–Trinajstić information content (AvgIpc) is 3.48. The van der Waals surface area contributed by atoms with E-state index in [0.29, 0.717) is 12.2 Å². The molecule has 5 nitrogen and oxygen atoms in total. The van der Waals surface area contributed by atoms with Crippen LogP contribution in [-0.2, 0) is 16.1 Å². The molecule has 3 aromatic rings. The average molecular weight is 397 g/mol. The van der Waals surface area contributed by atoms with Crippen molar-refractivity contribution in [2.24, 2.45) is 23.7 Å². The van der Waals surface area contributed by atoms with E-state index in [1.807, 2.05) is 30.7 Å². The van der Waals surface area contributed by atoms with Gasteiger partial charge in [0.05, 0.1) is 35.5 Å². The monoisotopic (exact) mass is 397 g/mol. The molecule has 150 valence electrons. The van der Waals surface area contributed by atoms with Crippen molar-refractivity contribution >= 4 is 28.3 Å². The maximum atomic E-state index is 13.3. The number of fused-ring (bicyclic) bond motifs is 6. The summed E-state index contributed by atoms with van der Waals surface area (Å²) in [4.78, 5) is 28.0. The van der Waals surface area contributed by atoms with Crippen molar-refractivity contribution < 1.29 is 9.59 Å². The lowest BCUT2D eigenvalue weighted by Gasteiger charge is -2.18. The minimum absolute atomic E-state index is 0.0437. The number of rotatable bonds is 3. The van der Waals surface area contributed by atoms with Crippen LogP contribution in [0, 0.1) is 37.5 Å². The minimum Gasteiger partial charge on any atom is -0.274 e. The molecule has 0 spiro atoms. The molecule has 2 aromatic carbocycles. The largest absolute Gasteiger partial charge is 0.274 e. The van der Waals surface area contributed by atoms with Crippen molar-refractivity contribution in [2.75, 3.05) is 4.90 Å². The second-order valence-electron chi connectivity index (χ2n) is 8.83. The van der Waals surface area contributed by atoms with Crippen LogP contribution in [0.25, 0.3) is 10.8 Å². The first-order chi connectivity index (χ1) is 14.5. The Hall–Kier alpha value is -3.21. The van der Waals surface area contributed by atoms with Crippen molar-refractivity contribution in [3.8, 4) is 0 Å². The molecular formula is C25H23N3O2. The van der Waals surface area contributed by atoms with E-state index in [9.17, 15) is 9.59 Å². The molecule has 1 aliphatic heterocycles. The van der Waals surface area contributed by atoms with Gasteiger partial charge in [0, 0.05) is 0 Å². The van der Waals surface area contributed by atoms with Gasteiger partial charge in [0.15, 0.2) is 0 Å². The molecule has 1 aromatic heterocycles. The van der Waals surface area contributed by atoms with Gasteiger partial charge in [0.2, 0.25) is 11.8 Å². The van der Waals surface area contributed by atoms with E-state index in [0.717, 1.165) is 17.8 Å². The normalized spacial score (nSPS) is 26.9. The van der Waals surface area contributed by atoms with Gasteiger partial charge in [-0.1, -0.05) is 54.6 Å². The van der Waals surface area contributed by atoms with E-state index in [1.54, 1.807) is 0 Å². The number of aryl methyl sites for hydroxylation is 1. The van der Waals surface area contributed by atoms with E-state index >= 15 is 0 Å². The number of hydrogen-bond acceptors (Lipinski definition) is 3. The Balaban J connectivity index is 1.39. The predicted molar refractivity (Wildman–Crippen MR) is 115 cm³/mol. The highest BCUT2D eigenvalue weighted by molar-refractivity contribution is 6.23. The van der Waals surface area contributed by atoms with E-state index in [4.69, 9.17) is 5.10 Å². The Kier molecular flexibility index (Phi) is 3.61. The van der Waals surface area contributed by atoms with Crippen LogP contribution in [-0.4, -0.2) is 21.6 Å². The fraction of sp³-hybridized carbons (Fsp3) is 0.320. The SMILES string of the molecule is Cc1nn(Cc2cccc3ccccc23)c(C)c1N1C(=O)[C@@H]2[C@H](C1=O)[C@@H]1C=C[C@H]2C1. The Morgan fingerprint density at radius 3 is 2.33 bits per heavy atom. The van der Waals surface area contributed by atoms with Crippen LogP contribution in [0.4, 0.5) is 5.69 Å². The number of carbonyl (C=O) groups excluding carboxylic acids is 2. The maximum absolute atomic E-state index is 13.3. The summed E-state index contributed by atoms with van der Waals surface area (Å²) in [6.45, 7) is 4.45. The standard InChI is InChI=1S/C25H23N3O2/c1-14-23(28-24(29)21-17-10-11-18(12-17)22(21)25(28)30)15(2)27(26-14)13-19-8-5-7-16-6-3-4-9-20(16)19/h3-11,17-18,21-22H,12-13H2,1-2H3/t17-,18+,21-,22+. The second-order valence-corrected chi connectivity index (χ2v) is 8.83. The molecule has 2 heterocycles. The zero-order valence-electron chi connectivity index (χ0n) is 17.1. The highest BCUT2D eigenvalue weighted by atomic mass is 16.2. The number of hydrogen-bond donors (Lipinski definition) is 0. The molecule has 2 bridgehead atoms. The summed E-state index contributed by atoms with van der Waals surface area (Å²) in [5, 5.41) is 7.11. The number of anilines is 1. The topological polar surface area (TPSA) is 55.2 Å². The van der Waals surface area contributed by atoms with Crippen LogP contribution in [0.2, 0.25) is 0 Å². The number of imide groups is 1. The van der Waals surface area contributed by atoms with Gasteiger partial charge in [-0.05, 0) is 48.4 Å². The van der Waals surface area contributed by atoms with E-state index in [1.165, 1.54) is 21.2 Å². The lowest BCUT2D eigenvalue weighted by molar-refractivity contribution is -0.123. The van der Waals surface area contributed by atoms with E-state index < -0.39 is 0 Å². The molecule has 1 saturated carbocycles. The molecule has 4 atom stereocenters. The van der Waals surface area contributed by atoms with Crippen molar-refractivity contribution in [1.29, 1.82) is 0 Å². The molecular weight excluding hydrogens is 374 g/mol. The number of carbonyl (C=O) groups is 2. The summed E-state index contributed by atoms with van der Waals surface area (Å²) in [5.74, 6) is -0.0310. The van der Waals surface area contributed by atoms with Crippen LogP contribution in [0.1, 0.15) is 23.4 Å². The molecule has 30 heavy (non-hydrogen) atoms. The van der Waals surface area contributed by atoms with Gasteiger partial charge in [-0.3, -0.25) is 14.3 Å². The van der Waals surface area contributed by atoms with Crippen LogP contribution in [0.5, 0.6) is 0 Å². The molecule has 3 aliphatic rings. The van der Waals surface area contributed by atoms with Crippen molar-refractivity contribution in [2.45, 2.75) is 26.8 Å². The van der Waals surface area contributed by atoms with Crippen molar-refractivity contribution in [1.82, 2.24) is 9.78 Å². The quantitative estimate of drug-likeness (QED) is 0.496. The summed E-state index contributed by atoms with van der Waals surface area (Å²) in [5.41, 5.74) is 3.44. The van der Waals surface area contributed by atoms with Gasteiger partial charge >= 0.3 is 0 Å². The molecule has 0 N–H and O–H groups in total. The first-order valence-electron chi connectivity index (χ1n) is 10.6. The molecule has 2 fully saturated rings. The van der Waals surface area contributed by atoms with Gasteiger partial charge in [-0.15, -0.1) is 0 Å². The molecule has 2 aliphatic carbocycles. The lowest BCUT2D eigenvalue weighted by atomic mass is 9.85. The summed E-state index contributed by atoms with van der Waals surface area (Å²) < 4.78 is 1.92. The number of allylic oxidation sites excluding steroid dienone is 2. The molecule has 0 radical (unpaired) electrons. The van der Waals surface area contributed by atoms with Gasteiger partial charge in [-0.25, -0.2) is 4.90 Å². The highest BCUT2D eigenvalue weighted by Gasteiger charge is 2.60. The minimum atomic E-state index is -0.187. The van der Waals surface area contributed by atoms with Gasteiger partial charge in [0.1, 0.15) is 0 Å². The van der Waals surface area contributed by atoms with Crippen LogP contribution >= 0.6 is 0 Å². The summed E-state index contributed by atoms with van der Waals surface area (Å²) in [6.07, 6.45) is 5.20. The highest BCUT2D eigenvalue weighted by Crippen LogP contribution is 2.53. The predicted octanol–water partition coefficient (Wildman–Crippen LogP) is 4.01. The van der Waals surface area contributed by atoms with Crippen molar-refractivity contribution in [3.05, 3.63) is 71.6 Å². The van der Waals surface area contributed by atoms with Crippen LogP contribution < -0.4 is 4.90 Å². The van der Waals surface area contributed by atoms with Gasteiger partial charge in [0.25, 0.3) is 0 Å². The zero-order valence-corrected chi connectivity index (χ0v) is 17.1. The third-order valence-corrected chi connectivity index (χ3v) is 7.24. The third kappa shape index (κ3) is 2.26. The number of amides is 2. The first-order valence-corrected chi connectivity index (χ1v) is 10.6. The summed E-state index contributed by atoms with van der Waals surface area (Å²) in [6, 6.07) is 14.6. The Morgan fingerprint density at radius 2 is 1.60 bits per heavy atom. The number of aromatic nitrogens is 2. The maximum Gasteiger partial charge on any atom is 0.238 e. The number of benzene rings is 2. The molecule has 6 rings (SSSR count). The fourth-order valence-corrected chi connectivity index (χ4v) is 5.88. The van der Waals surface area contributed by atoms with Gasteiger partial charge in [-0.2, -0.15) is 5.10 Å². The van der Waals surface area contributed by atoms with E-state index in [2.05, 4.69) is 42.5 Å². The Morgan fingerprint density at radius 1 is 0.933 bits per heavy atom. The smallest absolute Gasteiger partial charge is 0.238 e. The molecule has 2 amide bonds. The third-order valence-electron chi connectivity index (χ3n) is 7.24. The molecule has 0 unspecified atom stereocenters. The Labute approximate surface area is 175 Å². The summed E-state index contributed by atoms with van der Waals surface area (Å²) >= 11 is 0. The first kappa shape index (κ1) is 17.6. The number of nitrogens with zero attached hydrogens (tertiary/aromatic N) is 3. The fourth-order valence-electron chi connectivity index (χ4n) is 5.88.